The number of carboxylic acid groups (broad SMARTS) is 1. The van der Waals surface area contributed by atoms with Crippen molar-refractivity contribution >= 4 is 11.7 Å². The first kappa shape index (κ1) is 24.3. The summed E-state index contributed by atoms with van der Waals surface area (Å²) in [5.74, 6) is -0.871. The molecule has 0 aliphatic rings. The molecule has 0 saturated carbocycles. The molecule has 0 amide bonds. The summed E-state index contributed by atoms with van der Waals surface area (Å²) in [6, 6.07) is 7.12. The molecule has 0 bridgehead atoms. The van der Waals surface area contributed by atoms with Gasteiger partial charge < -0.3 is 10.4 Å². The summed E-state index contributed by atoms with van der Waals surface area (Å²) in [6.45, 7) is 3.11. The van der Waals surface area contributed by atoms with Gasteiger partial charge in [-0.05, 0) is 44.2 Å². The number of allylic oxidation sites excluding steroid dienone is 2. The maximum absolute atomic E-state index is 11.2. The maximum Gasteiger partial charge on any atom is 0.337 e. The van der Waals surface area contributed by atoms with Crippen molar-refractivity contribution in [2.75, 3.05) is 11.9 Å². The van der Waals surface area contributed by atoms with Crippen LogP contribution in [0.1, 0.15) is 107 Å². The Morgan fingerprint density at radius 2 is 1.36 bits per heavy atom. The van der Waals surface area contributed by atoms with E-state index in [4.69, 9.17) is 5.11 Å². The molecule has 0 radical (unpaired) electrons. The number of nitrogens with one attached hydrogen (secondary N) is 1. The summed E-state index contributed by atoms with van der Waals surface area (Å²) in [6.07, 6.45) is 23.0. The number of carboxylic acids is 1. The molecule has 0 atom stereocenters. The molecule has 0 aromatic heterocycles. The third kappa shape index (κ3) is 12.6. The van der Waals surface area contributed by atoms with Crippen LogP contribution in [0.5, 0.6) is 0 Å². The molecule has 3 heteroatoms. The number of anilines is 1. The summed E-state index contributed by atoms with van der Waals surface area (Å²) < 4.78 is 0. The lowest BCUT2D eigenvalue weighted by Crippen LogP contribution is -2.07. The molecule has 1 aromatic rings. The molecular formula is C25H41NO2. The highest BCUT2D eigenvalue weighted by atomic mass is 16.4. The van der Waals surface area contributed by atoms with Crippen LogP contribution in [0.3, 0.4) is 0 Å². The van der Waals surface area contributed by atoms with Gasteiger partial charge in [0.25, 0.3) is 0 Å². The van der Waals surface area contributed by atoms with Gasteiger partial charge in [-0.3, -0.25) is 0 Å². The Morgan fingerprint density at radius 3 is 1.96 bits per heavy atom. The van der Waals surface area contributed by atoms with Crippen LogP contribution in [0.15, 0.2) is 36.4 Å². The molecule has 3 nitrogen and oxygen atoms in total. The number of rotatable bonds is 18. The maximum atomic E-state index is 11.2. The molecule has 2 N–H and O–H groups in total. The van der Waals surface area contributed by atoms with E-state index >= 15 is 0 Å². The van der Waals surface area contributed by atoms with E-state index in [0.29, 0.717) is 5.56 Å². The van der Waals surface area contributed by atoms with Gasteiger partial charge in [0.05, 0.1) is 5.56 Å². The first-order valence-corrected chi connectivity index (χ1v) is 11.5. The molecule has 0 fully saturated rings. The standard InChI is InChI=1S/C25H41NO2/c1-2-3-4-5-6-7-8-9-10-11-12-13-14-15-16-19-22-26-24-21-18-17-20-23(24)25(27)28/h9-10,17-18,20-21,26H,2-8,11-16,19,22H2,1H3,(H,27,28)/b10-9-. The lowest BCUT2D eigenvalue weighted by molar-refractivity contribution is 0.0698. The molecular weight excluding hydrogens is 346 g/mol. The fourth-order valence-electron chi connectivity index (χ4n) is 3.42. The number of aromatic carboxylic acids is 1. The minimum absolute atomic E-state index is 0.354. The van der Waals surface area contributed by atoms with Gasteiger partial charge in [-0.2, -0.15) is 0 Å². The second-order valence-electron chi connectivity index (χ2n) is 7.72. The van der Waals surface area contributed by atoms with Crippen molar-refractivity contribution in [3.8, 4) is 0 Å². The Balaban J connectivity index is 1.88. The topological polar surface area (TPSA) is 49.3 Å². The van der Waals surface area contributed by atoms with E-state index < -0.39 is 5.97 Å². The van der Waals surface area contributed by atoms with Crippen LogP contribution in [0, 0.1) is 0 Å². The van der Waals surface area contributed by atoms with Crippen molar-refractivity contribution < 1.29 is 9.90 Å². The number of hydrogen-bond donors (Lipinski definition) is 2. The molecule has 0 saturated heterocycles. The molecule has 158 valence electrons. The highest BCUT2D eigenvalue weighted by Gasteiger charge is 2.07. The molecule has 1 rings (SSSR count). The van der Waals surface area contributed by atoms with Crippen molar-refractivity contribution in [3.05, 3.63) is 42.0 Å². The van der Waals surface area contributed by atoms with Crippen molar-refractivity contribution in [1.29, 1.82) is 0 Å². The van der Waals surface area contributed by atoms with Crippen LogP contribution >= 0.6 is 0 Å². The zero-order valence-electron chi connectivity index (χ0n) is 17.9. The highest BCUT2D eigenvalue weighted by Crippen LogP contribution is 2.15. The molecule has 28 heavy (non-hydrogen) atoms. The Hall–Kier alpha value is -1.77. The van der Waals surface area contributed by atoms with E-state index in [2.05, 4.69) is 24.4 Å². The highest BCUT2D eigenvalue weighted by molar-refractivity contribution is 5.94. The first-order chi connectivity index (χ1) is 13.8. The fraction of sp³-hybridized carbons (Fsp3) is 0.640. The first-order valence-electron chi connectivity index (χ1n) is 11.5. The second kappa shape index (κ2) is 17.3. The van der Waals surface area contributed by atoms with E-state index in [-0.39, 0.29) is 0 Å². The van der Waals surface area contributed by atoms with Gasteiger partial charge in [0.1, 0.15) is 0 Å². The van der Waals surface area contributed by atoms with Crippen LogP contribution in [-0.2, 0) is 0 Å². The number of para-hydroxylation sites is 1. The minimum atomic E-state index is -0.871. The lowest BCUT2D eigenvalue weighted by atomic mass is 10.1. The molecule has 0 spiro atoms. The lowest BCUT2D eigenvalue weighted by Gasteiger charge is -2.09. The average Bonchev–Trinajstić information content (AvgIpc) is 2.70. The van der Waals surface area contributed by atoms with Gasteiger partial charge in [0, 0.05) is 12.2 Å². The summed E-state index contributed by atoms with van der Waals surface area (Å²) in [5.41, 5.74) is 1.08. The van der Waals surface area contributed by atoms with Crippen LogP contribution in [0.4, 0.5) is 5.69 Å². The molecule has 0 unspecified atom stereocenters. The molecule has 0 aliphatic carbocycles. The third-order valence-electron chi connectivity index (χ3n) is 5.16. The van der Waals surface area contributed by atoms with Gasteiger partial charge >= 0.3 is 5.97 Å². The summed E-state index contributed by atoms with van der Waals surface area (Å²) in [4.78, 5) is 11.2. The molecule has 0 aliphatic heterocycles. The zero-order valence-corrected chi connectivity index (χ0v) is 17.9. The van der Waals surface area contributed by atoms with E-state index in [1.54, 1.807) is 12.1 Å². The minimum Gasteiger partial charge on any atom is -0.478 e. The predicted octanol–water partition coefficient (Wildman–Crippen LogP) is 7.83. The Morgan fingerprint density at radius 1 is 0.821 bits per heavy atom. The average molecular weight is 388 g/mol. The third-order valence-corrected chi connectivity index (χ3v) is 5.16. The quantitative estimate of drug-likeness (QED) is 0.199. The van der Waals surface area contributed by atoms with Crippen LogP contribution < -0.4 is 5.32 Å². The van der Waals surface area contributed by atoms with Crippen LogP contribution in [-0.4, -0.2) is 17.6 Å². The SMILES string of the molecule is CCCCCCCC/C=C\CCCCCCCCNc1ccccc1C(=O)O. The van der Waals surface area contributed by atoms with Gasteiger partial charge in [0.2, 0.25) is 0 Å². The normalized spacial score (nSPS) is 11.2. The molecule has 1 aromatic carbocycles. The smallest absolute Gasteiger partial charge is 0.337 e. The summed E-state index contributed by atoms with van der Waals surface area (Å²) in [7, 11) is 0. The fourth-order valence-corrected chi connectivity index (χ4v) is 3.42. The summed E-state index contributed by atoms with van der Waals surface area (Å²) in [5, 5.41) is 12.4. The van der Waals surface area contributed by atoms with Crippen molar-refractivity contribution in [3.63, 3.8) is 0 Å². The van der Waals surface area contributed by atoms with Crippen molar-refractivity contribution in [2.45, 2.75) is 96.8 Å². The van der Waals surface area contributed by atoms with E-state index in [0.717, 1.165) is 18.7 Å². The van der Waals surface area contributed by atoms with Crippen LogP contribution in [0.25, 0.3) is 0 Å². The number of carbonyl (C=O) groups is 1. The van der Waals surface area contributed by atoms with E-state index in [9.17, 15) is 4.79 Å². The number of hydrogen-bond acceptors (Lipinski definition) is 2. The number of benzene rings is 1. The van der Waals surface area contributed by atoms with Gasteiger partial charge in [-0.25, -0.2) is 4.79 Å². The predicted molar refractivity (Wildman–Crippen MR) is 121 cm³/mol. The van der Waals surface area contributed by atoms with E-state index in [1.807, 2.05) is 12.1 Å². The van der Waals surface area contributed by atoms with Gasteiger partial charge in [-0.1, -0.05) is 89.0 Å². The Bertz CT molecular complexity index is 539. The summed E-state index contributed by atoms with van der Waals surface area (Å²) >= 11 is 0. The Kier molecular flexibility index (Phi) is 15.0. The second-order valence-corrected chi connectivity index (χ2v) is 7.72. The monoisotopic (exact) mass is 387 g/mol. The van der Waals surface area contributed by atoms with Gasteiger partial charge in [-0.15, -0.1) is 0 Å². The van der Waals surface area contributed by atoms with Gasteiger partial charge in [0.15, 0.2) is 0 Å². The zero-order chi connectivity index (χ0) is 20.3. The van der Waals surface area contributed by atoms with Crippen molar-refractivity contribution in [2.24, 2.45) is 0 Å². The van der Waals surface area contributed by atoms with Crippen LogP contribution in [0.2, 0.25) is 0 Å². The molecule has 0 heterocycles. The Labute approximate surface area is 172 Å². The van der Waals surface area contributed by atoms with E-state index in [1.165, 1.54) is 83.5 Å². The number of unbranched alkanes of at least 4 members (excludes halogenated alkanes) is 12. The largest absolute Gasteiger partial charge is 0.478 e. The van der Waals surface area contributed by atoms with Crippen molar-refractivity contribution in [1.82, 2.24) is 0 Å².